The number of alkyl carbamates (subject to hydrolysis) is 1. The number of nitrogens with one attached hydrogen (secondary N) is 2. The van der Waals surface area contributed by atoms with Gasteiger partial charge in [-0.25, -0.2) is 4.79 Å². The molecule has 1 aliphatic carbocycles. The molecule has 1 aromatic rings. The fraction of sp³-hybridized carbons (Fsp3) is 0.607. The van der Waals surface area contributed by atoms with Crippen LogP contribution in [0.5, 0.6) is 0 Å². The van der Waals surface area contributed by atoms with Crippen LogP contribution >= 0.6 is 11.8 Å². The van der Waals surface area contributed by atoms with Crippen LogP contribution < -0.4 is 10.6 Å². The number of carbonyl (C=O) groups is 3. The summed E-state index contributed by atoms with van der Waals surface area (Å²) in [5.74, 6) is 2.79. The monoisotopic (exact) mass is 515 g/mol. The Bertz CT molecular complexity index is 933. The third-order valence-electron chi connectivity index (χ3n) is 5.81. The number of amides is 3. The third kappa shape index (κ3) is 9.09. The summed E-state index contributed by atoms with van der Waals surface area (Å²) in [6.45, 7) is 7.96. The van der Waals surface area contributed by atoms with Gasteiger partial charge in [0.2, 0.25) is 11.8 Å². The largest absolute Gasteiger partial charge is 0.444 e. The zero-order valence-electron chi connectivity index (χ0n) is 22.3. The van der Waals surface area contributed by atoms with Gasteiger partial charge in [0.05, 0.1) is 0 Å². The highest BCUT2D eigenvalue weighted by molar-refractivity contribution is 7.98. The van der Waals surface area contributed by atoms with Crippen molar-refractivity contribution in [2.45, 2.75) is 89.9 Å². The van der Waals surface area contributed by atoms with Gasteiger partial charge in [-0.1, -0.05) is 43.9 Å². The number of ether oxygens (including phenoxy) is 1. The number of unbranched alkanes of at least 4 members (excludes halogenated alkanes) is 2. The smallest absolute Gasteiger partial charge is 0.408 e. The van der Waals surface area contributed by atoms with Crippen molar-refractivity contribution >= 4 is 29.7 Å². The van der Waals surface area contributed by atoms with Crippen LogP contribution in [0.15, 0.2) is 24.3 Å². The molecule has 0 aliphatic heterocycles. The number of carbonyl (C=O) groups excluding carboxylic acids is 3. The van der Waals surface area contributed by atoms with Gasteiger partial charge in [-0.3, -0.25) is 9.59 Å². The summed E-state index contributed by atoms with van der Waals surface area (Å²) in [7, 11) is 0. The van der Waals surface area contributed by atoms with Crippen LogP contribution in [0.1, 0.15) is 83.4 Å². The van der Waals surface area contributed by atoms with Crippen LogP contribution in [0.4, 0.5) is 4.79 Å². The first-order valence-corrected chi connectivity index (χ1v) is 14.2. The van der Waals surface area contributed by atoms with Crippen molar-refractivity contribution in [3.8, 4) is 12.3 Å². The SMILES string of the molecule is C#Cc1ccccc1C(C(=O)NCCCCC)N(C(=O)C(CCSC)NC(=O)OC(C)(C)C)C1CC1. The molecule has 2 N–H and O–H groups in total. The molecule has 8 heteroatoms. The van der Waals surface area contributed by atoms with E-state index in [2.05, 4.69) is 23.5 Å². The predicted octanol–water partition coefficient (Wildman–Crippen LogP) is 4.65. The summed E-state index contributed by atoms with van der Waals surface area (Å²) in [4.78, 5) is 41.9. The first-order valence-electron chi connectivity index (χ1n) is 12.8. The van der Waals surface area contributed by atoms with Crippen molar-refractivity contribution in [3.05, 3.63) is 35.4 Å². The average molecular weight is 516 g/mol. The molecule has 2 rings (SSSR count). The molecular formula is C28H41N3O4S. The lowest BCUT2D eigenvalue weighted by atomic mass is 9.97. The highest BCUT2D eigenvalue weighted by Crippen LogP contribution is 2.36. The Balaban J connectivity index is 2.42. The van der Waals surface area contributed by atoms with E-state index in [9.17, 15) is 14.4 Å². The molecule has 0 aromatic heterocycles. The van der Waals surface area contributed by atoms with E-state index in [1.165, 1.54) is 0 Å². The number of hydrogen-bond donors (Lipinski definition) is 2. The summed E-state index contributed by atoms with van der Waals surface area (Å²) < 4.78 is 5.43. The second-order valence-corrected chi connectivity index (χ2v) is 11.1. The molecule has 36 heavy (non-hydrogen) atoms. The number of rotatable bonds is 13. The number of thioether (sulfide) groups is 1. The maximum atomic E-state index is 14.0. The molecule has 0 saturated heterocycles. The number of benzene rings is 1. The molecule has 0 heterocycles. The molecule has 2 unspecified atom stereocenters. The topological polar surface area (TPSA) is 87.7 Å². The van der Waals surface area contributed by atoms with E-state index in [1.54, 1.807) is 43.5 Å². The molecule has 0 bridgehead atoms. The molecule has 1 saturated carbocycles. The molecule has 1 aromatic carbocycles. The molecule has 1 aliphatic rings. The molecule has 3 amide bonds. The van der Waals surface area contributed by atoms with Gasteiger partial charge < -0.3 is 20.3 Å². The molecular weight excluding hydrogens is 474 g/mol. The summed E-state index contributed by atoms with van der Waals surface area (Å²) in [6.07, 6.45) is 12.0. The van der Waals surface area contributed by atoms with E-state index < -0.39 is 23.8 Å². The second-order valence-electron chi connectivity index (χ2n) is 10.1. The molecule has 0 radical (unpaired) electrons. The molecule has 2 atom stereocenters. The standard InChI is InChI=1S/C28H41N3O4S/c1-7-9-12-18-29-25(32)24(22-14-11-10-13-20(22)8-2)31(21-15-16-21)26(33)23(17-19-36-6)30-27(34)35-28(3,4)5/h2,10-11,13-14,21,23-24H,7,9,12,15-19H2,1,3-6H3,(H,29,32)(H,30,34). The molecule has 1 fully saturated rings. The summed E-state index contributed by atoms with van der Waals surface area (Å²) in [5.41, 5.74) is 0.500. The Kier molecular flexibility index (Phi) is 11.6. The first-order chi connectivity index (χ1) is 17.1. The summed E-state index contributed by atoms with van der Waals surface area (Å²) in [6, 6.07) is 5.46. The quantitative estimate of drug-likeness (QED) is 0.295. The Morgan fingerprint density at radius 2 is 1.92 bits per heavy atom. The van der Waals surface area contributed by atoms with Crippen molar-refractivity contribution in [2.24, 2.45) is 0 Å². The summed E-state index contributed by atoms with van der Waals surface area (Å²) in [5, 5.41) is 5.79. The van der Waals surface area contributed by atoms with Gasteiger partial charge in [-0.15, -0.1) is 6.42 Å². The van der Waals surface area contributed by atoms with E-state index in [4.69, 9.17) is 11.2 Å². The van der Waals surface area contributed by atoms with Crippen molar-refractivity contribution < 1.29 is 19.1 Å². The maximum absolute atomic E-state index is 14.0. The van der Waals surface area contributed by atoms with E-state index >= 15 is 0 Å². The van der Waals surface area contributed by atoms with Gasteiger partial charge >= 0.3 is 6.09 Å². The fourth-order valence-electron chi connectivity index (χ4n) is 3.96. The van der Waals surface area contributed by atoms with Crippen molar-refractivity contribution in [2.75, 3.05) is 18.6 Å². The zero-order chi connectivity index (χ0) is 26.7. The van der Waals surface area contributed by atoms with Crippen molar-refractivity contribution in [1.29, 1.82) is 0 Å². The van der Waals surface area contributed by atoms with E-state index in [1.807, 2.05) is 24.5 Å². The van der Waals surface area contributed by atoms with E-state index in [0.29, 0.717) is 29.8 Å². The molecule has 7 nitrogen and oxygen atoms in total. The first kappa shape index (κ1) is 29.6. The van der Waals surface area contributed by atoms with Crippen LogP contribution in [0, 0.1) is 12.3 Å². The lowest BCUT2D eigenvalue weighted by molar-refractivity contribution is -0.143. The fourth-order valence-corrected chi connectivity index (χ4v) is 4.43. The predicted molar refractivity (Wildman–Crippen MR) is 146 cm³/mol. The Morgan fingerprint density at radius 1 is 1.22 bits per heavy atom. The Morgan fingerprint density at radius 3 is 2.50 bits per heavy atom. The number of hydrogen-bond acceptors (Lipinski definition) is 5. The Hall–Kier alpha value is -2.66. The van der Waals surface area contributed by atoms with Gasteiger partial charge in [0.25, 0.3) is 0 Å². The zero-order valence-corrected chi connectivity index (χ0v) is 23.1. The minimum Gasteiger partial charge on any atom is -0.444 e. The minimum atomic E-state index is -0.879. The van der Waals surface area contributed by atoms with Crippen molar-refractivity contribution in [1.82, 2.24) is 15.5 Å². The highest BCUT2D eigenvalue weighted by atomic mass is 32.2. The normalized spacial score (nSPS) is 14.8. The van der Waals surface area contributed by atoms with Crippen LogP contribution in [-0.4, -0.2) is 59.0 Å². The maximum Gasteiger partial charge on any atom is 0.408 e. The van der Waals surface area contributed by atoms with Crippen LogP contribution in [0.2, 0.25) is 0 Å². The van der Waals surface area contributed by atoms with Crippen LogP contribution in [0.25, 0.3) is 0 Å². The highest BCUT2D eigenvalue weighted by Gasteiger charge is 2.44. The lowest BCUT2D eigenvalue weighted by Crippen LogP contribution is -2.54. The van der Waals surface area contributed by atoms with Crippen LogP contribution in [0.3, 0.4) is 0 Å². The van der Waals surface area contributed by atoms with Crippen molar-refractivity contribution in [3.63, 3.8) is 0 Å². The van der Waals surface area contributed by atoms with E-state index in [0.717, 1.165) is 32.1 Å². The lowest BCUT2D eigenvalue weighted by Gasteiger charge is -2.35. The number of terminal acetylenes is 1. The van der Waals surface area contributed by atoms with Gasteiger partial charge in [0, 0.05) is 18.2 Å². The summed E-state index contributed by atoms with van der Waals surface area (Å²) >= 11 is 1.59. The third-order valence-corrected chi connectivity index (χ3v) is 6.46. The van der Waals surface area contributed by atoms with Crippen LogP contribution in [-0.2, 0) is 14.3 Å². The average Bonchev–Trinajstić information content (AvgIpc) is 3.66. The van der Waals surface area contributed by atoms with Gasteiger partial charge in [-0.05, 0) is 70.1 Å². The Labute approximate surface area is 220 Å². The van der Waals surface area contributed by atoms with Gasteiger partial charge in [0.1, 0.15) is 17.7 Å². The second kappa shape index (κ2) is 14.2. The molecule has 198 valence electrons. The number of nitrogens with zero attached hydrogens (tertiary/aromatic N) is 1. The van der Waals surface area contributed by atoms with Gasteiger partial charge in [-0.2, -0.15) is 11.8 Å². The minimum absolute atomic E-state index is 0.0908. The van der Waals surface area contributed by atoms with E-state index in [-0.39, 0.29) is 17.9 Å². The van der Waals surface area contributed by atoms with Gasteiger partial charge in [0.15, 0.2) is 0 Å². The molecule has 0 spiro atoms.